The second-order valence-corrected chi connectivity index (χ2v) is 4.24. The quantitative estimate of drug-likeness (QED) is 0.649. The summed E-state index contributed by atoms with van der Waals surface area (Å²) < 4.78 is 10.4. The monoisotopic (exact) mass is 238 g/mol. The topological polar surface area (TPSA) is 55.8 Å². The van der Waals surface area contributed by atoms with Crippen LogP contribution in [0, 0.1) is 6.92 Å². The van der Waals surface area contributed by atoms with Gasteiger partial charge in [0.15, 0.2) is 11.5 Å². The van der Waals surface area contributed by atoms with Crippen LogP contribution in [0.15, 0.2) is 6.07 Å². The van der Waals surface area contributed by atoms with E-state index in [4.69, 9.17) is 9.47 Å². The SMILES string of the molecule is COc1c(O)cc(C)c(OC(C)=O)c1C(C)C. The van der Waals surface area contributed by atoms with Crippen LogP contribution in [0.4, 0.5) is 0 Å². The van der Waals surface area contributed by atoms with Crippen molar-refractivity contribution in [1.82, 2.24) is 0 Å². The molecule has 0 atom stereocenters. The number of phenolic OH excluding ortho intramolecular Hbond substituents is 1. The minimum absolute atomic E-state index is 0.0598. The average Bonchev–Trinajstić information content (AvgIpc) is 2.20. The normalized spacial score (nSPS) is 10.5. The molecule has 0 amide bonds. The number of aromatic hydroxyl groups is 1. The van der Waals surface area contributed by atoms with Crippen LogP contribution in [-0.2, 0) is 4.79 Å². The highest BCUT2D eigenvalue weighted by atomic mass is 16.5. The van der Waals surface area contributed by atoms with Crippen molar-refractivity contribution in [2.75, 3.05) is 7.11 Å². The third kappa shape index (κ3) is 2.70. The van der Waals surface area contributed by atoms with Gasteiger partial charge in [0.2, 0.25) is 0 Å². The van der Waals surface area contributed by atoms with Crippen molar-refractivity contribution in [1.29, 1.82) is 0 Å². The number of hydrogen-bond acceptors (Lipinski definition) is 4. The van der Waals surface area contributed by atoms with Crippen LogP contribution in [0.3, 0.4) is 0 Å². The molecule has 0 aliphatic heterocycles. The molecule has 4 heteroatoms. The number of phenols is 1. The zero-order chi connectivity index (χ0) is 13.2. The van der Waals surface area contributed by atoms with Crippen molar-refractivity contribution in [3.63, 3.8) is 0 Å². The summed E-state index contributed by atoms with van der Waals surface area (Å²) in [4.78, 5) is 11.1. The summed E-state index contributed by atoms with van der Waals surface area (Å²) in [5.74, 6) is 0.585. The fourth-order valence-electron chi connectivity index (χ4n) is 1.81. The number of benzene rings is 1. The Kier molecular flexibility index (Phi) is 3.99. The average molecular weight is 238 g/mol. The van der Waals surface area contributed by atoms with E-state index in [0.29, 0.717) is 22.6 Å². The van der Waals surface area contributed by atoms with Crippen LogP contribution < -0.4 is 9.47 Å². The Bertz CT molecular complexity index is 436. The largest absolute Gasteiger partial charge is 0.504 e. The maximum atomic E-state index is 11.1. The highest BCUT2D eigenvalue weighted by Gasteiger charge is 2.21. The molecule has 1 N–H and O–H groups in total. The first-order valence-corrected chi connectivity index (χ1v) is 5.47. The van der Waals surface area contributed by atoms with Gasteiger partial charge < -0.3 is 14.6 Å². The van der Waals surface area contributed by atoms with Crippen LogP contribution in [0.2, 0.25) is 0 Å². The predicted octanol–water partition coefficient (Wildman–Crippen LogP) is 2.76. The molecule has 0 radical (unpaired) electrons. The number of ether oxygens (including phenoxy) is 2. The molecule has 0 saturated heterocycles. The van der Waals surface area contributed by atoms with Crippen molar-refractivity contribution < 1.29 is 19.4 Å². The molecule has 0 saturated carbocycles. The number of aryl methyl sites for hydroxylation is 1. The van der Waals surface area contributed by atoms with E-state index in [0.717, 1.165) is 0 Å². The Morgan fingerprint density at radius 1 is 1.35 bits per heavy atom. The molecule has 1 rings (SSSR count). The standard InChI is InChI=1S/C13H18O4/c1-7(2)11-12(17-9(4)14)8(3)6-10(15)13(11)16-5/h6-7,15H,1-5H3. The third-order valence-electron chi connectivity index (χ3n) is 2.46. The summed E-state index contributed by atoms with van der Waals surface area (Å²) in [6.07, 6.45) is 0. The van der Waals surface area contributed by atoms with Crippen LogP contribution >= 0.6 is 0 Å². The molecule has 0 aliphatic carbocycles. The fourth-order valence-corrected chi connectivity index (χ4v) is 1.81. The first kappa shape index (κ1) is 13.4. The lowest BCUT2D eigenvalue weighted by Gasteiger charge is -2.19. The molecule has 17 heavy (non-hydrogen) atoms. The molecule has 0 unspecified atom stereocenters. The number of carbonyl (C=O) groups excluding carboxylic acids is 1. The van der Waals surface area contributed by atoms with Gasteiger partial charge in [0.1, 0.15) is 5.75 Å². The van der Waals surface area contributed by atoms with Gasteiger partial charge in [-0.2, -0.15) is 0 Å². The van der Waals surface area contributed by atoms with E-state index < -0.39 is 0 Å². The van der Waals surface area contributed by atoms with Gasteiger partial charge in [-0.15, -0.1) is 0 Å². The number of methoxy groups -OCH3 is 1. The minimum atomic E-state index is -0.386. The van der Waals surface area contributed by atoms with E-state index in [9.17, 15) is 9.90 Å². The lowest BCUT2D eigenvalue weighted by atomic mass is 9.97. The summed E-state index contributed by atoms with van der Waals surface area (Å²) in [5.41, 5.74) is 1.42. The Balaban J connectivity index is 3.49. The summed E-state index contributed by atoms with van der Waals surface area (Å²) in [5, 5.41) is 9.81. The van der Waals surface area contributed by atoms with Gasteiger partial charge in [-0.3, -0.25) is 4.79 Å². The number of hydrogen-bond donors (Lipinski definition) is 1. The van der Waals surface area contributed by atoms with Crippen molar-refractivity contribution >= 4 is 5.97 Å². The van der Waals surface area contributed by atoms with Crippen LogP contribution in [0.1, 0.15) is 37.8 Å². The molecule has 0 spiro atoms. The van der Waals surface area contributed by atoms with E-state index in [1.807, 2.05) is 13.8 Å². The first-order chi connectivity index (χ1) is 7.88. The van der Waals surface area contributed by atoms with Gasteiger partial charge in [0.25, 0.3) is 0 Å². The summed E-state index contributed by atoms with van der Waals surface area (Å²) >= 11 is 0. The van der Waals surface area contributed by atoms with Crippen molar-refractivity contribution in [2.24, 2.45) is 0 Å². The fraction of sp³-hybridized carbons (Fsp3) is 0.462. The zero-order valence-electron chi connectivity index (χ0n) is 10.8. The lowest BCUT2D eigenvalue weighted by Crippen LogP contribution is -2.08. The molecule has 1 aromatic rings. The first-order valence-electron chi connectivity index (χ1n) is 5.47. The van der Waals surface area contributed by atoms with Gasteiger partial charge in [0, 0.05) is 12.5 Å². The molecule has 0 bridgehead atoms. The Labute approximate surface area is 101 Å². The van der Waals surface area contributed by atoms with Gasteiger partial charge in [-0.1, -0.05) is 13.8 Å². The van der Waals surface area contributed by atoms with Crippen LogP contribution in [0.5, 0.6) is 17.2 Å². The molecule has 0 aliphatic rings. The summed E-state index contributed by atoms with van der Waals surface area (Å²) in [6.45, 7) is 7.03. The molecule has 0 aromatic heterocycles. The van der Waals surface area contributed by atoms with Gasteiger partial charge in [-0.05, 0) is 24.5 Å². The second-order valence-electron chi connectivity index (χ2n) is 4.24. The van der Waals surface area contributed by atoms with E-state index in [1.54, 1.807) is 6.92 Å². The van der Waals surface area contributed by atoms with Gasteiger partial charge in [-0.25, -0.2) is 0 Å². The molecule has 0 heterocycles. The Hall–Kier alpha value is -1.71. The van der Waals surface area contributed by atoms with Gasteiger partial charge >= 0.3 is 5.97 Å². The number of rotatable bonds is 3. The molecular formula is C13H18O4. The van der Waals surface area contributed by atoms with E-state index >= 15 is 0 Å². The lowest BCUT2D eigenvalue weighted by molar-refractivity contribution is -0.132. The summed E-state index contributed by atoms with van der Waals surface area (Å²) in [7, 11) is 1.48. The zero-order valence-corrected chi connectivity index (χ0v) is 10.8. The van der Waals surface area contributed by atoms with Crippen molar-refractivity contribution in [2.45, 2.75) is 33.6 Å². The maximum absolute atomic E-state index is 11.1. The number of esters is 1. The Morgan fingerprint density at radius 2 is 1.94 bits per heavy atom. The molecule has 1 aromatic carbocycles. The van der Waals surface area contributed by atoms with E-state index in [2.05, 4.69) is 0 Å². The van der Waals surface area contributed by atoms with Crippen LogP contribution in [0.25, 0.3) is 0 Å². The number of carbonyl (C=O) groups is 1. The highest BCUT2D eigenvalue weighted by molar-refractivity contribution is 5.72. The predicted molar refractivity (Wildman–Crippen MR) is 64.8 cm³/mol. The second kappa shape index (κ2) is 5.08. The molecular weight excluding hydrogens is 220 g/mol. The molecule has 94 valence electrons. The molecule has 4 nitrogen and oxygen atoms in total. The van der Waals surface area contributed by atoms with E-state index in [-0.39, 0.29) is 17.6 Å². The van der Waals surface area contributed by atoms with Crippen LogP contribution in [-0.4, -0.2) is 18.2 Å². The Morgan fingerprint density at radius 3 is 2.35 bits per heavy atom. The van der Waals surface area contributed by atoms with Crippen molar-refractivity contribution in [3.8, 4) is 17.2 Å². The highest BCUT2D eigenvalue weighted by Crippen LogP contribution is 2.43. The molecule has 0 fully saturated rings. The smallest absolute Gasteiger partial charge is 0.308 e. The van der Waals surface area contributed by atoms with Gasteiger partial charge in [0.05, 0.1) is 7.11 Å². The summed E-state index contributed by atoms with van der Waals surface area (Å²) in [6, 6.07) is 1.53. The third-order valence-corrected chi connectivity index (χ3v) is 2.46. The minimum Gasteiger partial charge on any atom is -0.504 e. The maximum Gasteiger partial charge on any atom is 0.308 e. The van der Waals surface area contributed by atoms with E-state index in [1.165, 1.54) is 20.1 Å². The van der Waals surface area contributed by atoms with Crippen molar-refractivity contribution in [3.05, 3.63) is 17.2 Å².